The van der Waals surface area contributed by atoms with Crippen LogP contribution >= 0.6 is 11.6 Å². The SMILES string of the molecule is [O-][S+](c1ccc(CCCCl)cc1)C(F)(F)F. The van der Waals surface area contributed by atoms with Gasteiger partial charge in [0.25, 0.3) is 0 Å². The molecule has 0 aromatic heterocycles. The van der Waals surface area contributed by atoms with Gasteiger partial charge in [0.05, 0.1) is 11.2 Å². The van der Waals surface area contributed by atoms with E-state index in [2.05, 4.69) is 0 Å². The third-order valence-corrected chi connectivity index (χ3v) is 3.33. The second-order valence-corrected chi connectivity index (χ2v) is 5.00. The average molecular weight is 271 g/mol. The number of hydrogen-bond donors (Lipinski definition) is 0. The lowest BCUT2D eigenvalue weighted by atomic mass is 10.1. The summed E-state index contributed by atoms with van der Waals surface area (Å²) in [5.74, 6) is 0.510. The smallest absolute Gasteiger partial charge is 0.578 e. The van der Waals surface area contributed by atoms with Gasteiger partial charge in [0.1, 0.15) is 0 Å². The summed E-state index contributed by atoms with van der Waals surface area (Å²) < 4.78 is 47.3. The Kier molecular flexibility index (Phi) is 4.95. The molecule has 0 heterocycles. The van der Waals surface area contributed by atoms with E-state index in [0.717, 1.165) is 12.0 Å². The molecule has 0 amide bonds. The predicted molar refractivity (Wildman–Crippen MR) is 57.9 cm³/mol. The van der Waals surface area contributed by atoms with E-state index in [9.17, 15) is 17.7 Å². The second kappa shape index (κ2) is 5.80. The van der Waals surface area contributed by atoms with Crippen molar-refractivity contribution in [2.45, 2.75) is 23.2 Å². The Labute approximate surface area is 99.8 Å². The normalized spacial score (nSPS) is 13.8. The molecule has 0 radical (unpaired) electrons. The highest BCUT2D eigenvalue weighted by Crippen LogP contribution is 2.30. The first kappa shape index (κ1) is 13.7. The fourth-order valence-corrected chi connectivity index (χ4v) is 1.97. The highest BCUT2D eigenvalue weighted by molar-refractivity contribution is 7.92. The van der Waals surface area contributed by atoms with Gasteiger partial charge in [-0.25, -0.2) is 0 Å². The predicted octanol–water partition coefficient (Wildman–Crippen LogP) is 3.49. The molecule has 1 aromatic carbocycles. The van der Waals surface area contributed by atoms with Gasteiger partial charge in [-0.1, -0.05) is 12.1 Å². The molecule has 1 atom stereocenters. The Balaban J connectivity index is 2.71. The third kappa shape index (κ3) is 3.88. The summed E-state index contributed by atoms with van der Waals surface area (Å²) in [6.07, 6.45) is 1.48. The second-order valence-electron chi connectivity index (χ2n) is 3.15. The van der Waals surface area contributed by atoms with Gasteiger partial charge in [-0.05, 0) is 30.5 Å². The zero-order valence-corrected chi connectivity index (χ0v) is 9.83. The van der Waals surface area contributed by atoms with Crippen LogP contribution in [0.2, 0.25) is 0 Å². The number of halogens is 4. The molecule has 0 aliphatic heterocycles. The molecular formula is C10H10ClF3OS. The van der Waals surface area contributed by atoms with Crippen LogP contribution in [0.3, 0.4) is 0 Å². The van der Waals surface area contributed by atoms with Crippen molar-refractivity contribution in [3.05, 3.63) is 29.8 Å². The molecule has 16 heavy (non-hydrogen) atoms. The maximum atomic E-state index is 12.1. The van der Waals surface area contributed by atoms with Crippen LogP contribution in [0.4, 0.5) is 13.2 Å². The van der Waals surface area contributed by atoms with Gasteiger partial charge in [-0.3, -0.25) is 0 Å². The van der Waals surface area contributed by atoms with E-state index in [0.29, 0.717) is 12.3 Å². The van der Waals surface area contributed by atoms with Crippen molar-refractivity contribution < 1.29 is 17.7 Å². The van der Waals surface area contributed by atoms with E-state index in [-0.39, 0.29) is 4.90 Å². The van der Waals surface area contributed by atoms with Crippen LogP contribution in [0.1, 0.15) is 12.0 Å². The highest BCUT2D eigenvalue weighted by atomic mass is 35.5. The lowest BCUT2D eigenvalue weighted by molar-refractivity contribution is -0.0435. The van der Waals surface area contributed by atoms with E-state index in [1.54, 1.807) is 12.1 Å². The first-order chi connectivity index (χ1) is 7.45. The molecule has 6 heteroatoms. The van der Waals surface area contributed by atoms with Gasteiger partial charge in [0.2, 0.25) is 0 Å². The Morgan fingerprint density at radius 3 is 2.19 bits per heavy atom. The van der Waals surface area contributed by atoms with Crippen LogP contribution in [0.25, 0.3) is 0 Å². The standard InChI is InChI=1S/C10H10ClF3OS/c11-7-1-2-8-3-5-9(6-4-8)16(15)10(12,13)14/h3-6H,1-2,7H2. The largest absolute Gasteiger partial charge is 0.604 e. The summed E-state index contributed by atoms with van der Waals surface area (Å²) in [6.45, 7) is 0. The molecule has 1 rings (SSSR count). The van der Waals surface area contributed by atoms with E-state index in [1.165, 1.54) is 12.1 Å². The van der Waals surface area contributed by atoms with Crippen molar-refractivity contribution in [3.63, 3.8) is 0 Å². The summed E-state index contributed by atoms with van der Waals surface area (Å²) in [6, 6.07) is 5.58. The monoisotopic (exact) mass is 270 g/mol. The molecule has 0 bridgehead atoms. The highest BCUT2D eigenvalue weighted by Gasteiger charge is 2.45. The van der Waals surface area contributed by atoms with Gasteiger partial charge in [-0.15, -0.1) is 24.8 Å². The van der Waals surface area contributed by atoms with Gasteiger partial charge in [0, 0.05) is 5.88 Å². The van der Waals surface area contributed by atoms with E-state index >= 15 is 0 Å². The summed E-state index contributed by atoms with van der Waals surface area (Å²) in [7, 11) is 0. The molecule has 1 unspecified atom stereocenters. The molecule has 0 aliphatic rings. The molecule has 0 aliphatic carbocycles. The first-order valence-electron chi connectivity index (χ1n) is 4.58. The molecule has 0 fully saturated rings. The van der Waals surface area contributed by atoms with Crippen molar-refractivity contribution in [3.8, 4) is 0 Å². The quantitative estimate of drug-likeness (QED) is 0.607. The van der Waals surface area contributed by atoms with Gasteiger partial charge in [-0.2, -0.15) is 0 Å². The van der Waals surface area contributed by atoms with Crippen molar-refractivity contribution in [1.82, 2.24) is 0 Å². The van der Waals surface area contributed by atoms with Crippen LogP contribution in [-0.4, -0.2) is 15.9 Å². The number of alkyl halides is 4. The molecule has 0 saturated heterocycles. The lowest BCUT2D eigenvalue weighted by Crippen LogP contribution is -2.23. The van der Waals surface area contributed by atoms with Gasteiger partial charge < -0.3 is 4.55 Å². The van der Waals surface area contributed by atoms with Crippen LogP contribution in [-0.2, 0) is 17.6 Å². The third-order valence-electron chi connectivity index (χ3n) is 1.95. The lowest BCUT2D eigenvalue weighted by Gasteiger charge is -2.12. The Morgan fingerprint density at radius 1 is 1.19 bits per heavy atom. The molecule has 0 N–H and O–H groups in total. The molecule has 1 nitrogen and oxygen atoms in total. The minimum atomic E-state index is -4.70. The minimum Gasteiger partial charge on any atom is -0.604 e. The number of benzene rings is 1. The van der Waals surface area contributed by atoms with E-state index in [1.807, 2.05) is 0 Å². The van der Waals surface area contributed by atoms with Crippen molar-refractivity contribution >= 4 is 22.8 Å². The average Bonchev–Trinajstić information content (AvgIpc) is 2.25. The van der Waals surface area contributed by atoms with Crippen LogP contribution in [0.15, 0.2) is 29.2 Å². The molecule has 0 saturated carbocycles. The number of hydrogen-bond acceptors (Lipinski definition) is 1. The first-order valence-corrected chi connectivity index (χ1v) is 6.27. The fourth-order valence-electron chi connectivity index (χ4n) is 1.18. The molecular weight excluding hydrogens is 261 g/mol. The van der Waals surface area contributed by atoms with Crippen LogP contribution < -0.4 is 0 Å². The molecule has 90 valence electrons. The fraction of sp³-hybridized carbons (Fsp3) is 0.400. The Hall–Kier alpha value is -0.390. The summed E-state index contributed by atoms with van der Waals surface area (Å²) in [5, 5.41) is 0. The van der Waals surface area contributed by atoms with Crippen LogP contribution in [0.5, 0.6) is 0 Å². The van der Waals surface area contributed by atoms with Crippen molar-refractivity contribution in [2.24, 2.45) is 0 Å². The van der Waals surface area contributed by atoms with Gasteiger partial charge >= 0.3 is 5.51 Å². The summed E-state index contributed by atoms with van der Waals surface area (Å²) in [5.41, 5.74) is -3.80. The maximum Gasteiger partial charge on any atom is 0.578 e. The minimum absolute atomic E-state index is 0.220. The summed E-state index contributed by atoms with van der Waals surface area (Å²) >= 11 is 2.55. The Morgan fingerprint density at radius 2 is 1.75 bits per heavy atom. The van der Waals surface area contributed by atoms with Crippen molar-refractivity contribution in [1.29, 1.82) is 0 Å². The topological polar surface area (TPSA) is 23.1 Å². The molecule has 0 spiro atoms. The van der Waals surface area contributed by atoms with Gasteiger partial charge in [0.15, 0.2) is 4.90 Å². The van der Waals surface area contributed by atoms with Crippen molar-refractivity contribution in [2.75, 3.05) is 5.88 Å². The maximum absolute atomic E-state index is 12.1. The number of aryl methyl sites for hydroxylation is 1. The Bertz CT molecular complexity index is 326. The van der Waals surface area contributed by atoms with E-state index < -0.39 is 16.7 Å². The van der Waals surface area contributed by atoms with Crippen LogP contribution in [0, 0.1) is 0 Å². The van der Waals surface area contributed by atoms with E-state index in [4.69, 9.17) is 11.6 Å². The number of rotatable bonds is 4. The summed E-state index contributed by atoms with van der Waals surface area (Å²) in [4.78, 5) is -0.220. The zero-order chi connectivity index (χ0) is 12.2. The zero-order valence-electron chi connectivity index (χ0n) is 8.26. The molecule has 1 aromatic rings.